The largest absolute Gasteiger partial charge is 0.377 e. The fourth-order valence-electron chi connectivity index (χ4n) is 2.54. The topological polar surface area (TPSA) is 36.3 Å². The van der Waals surface area contributed by atoms with E-state index in [1.165, 1.54) is 6.07 Å². The molecule has 0 bridgehead atoms. The van der Waals surface area contributed by atoms with Crippen molar-refractivity contribution in [3.05, 3.63) is 35.1 Å². The highest BCUT2D eigenvalue weighted by atomic mass is 19.1. The van der Waals surface area contributed by atoms with Crippen LogP contribution in [0.25, 0.3) is 0 Å². The van der Waals surface area contributed by atoms with Crippen molar-refractivity contribution in [1.29, 1.82) is 5.26 Å². The molecule has 1 atom stereocenters. The van der Waals surface area contributed by atoms with Crippen molar-refractivity contribution in [3.63, 3.8) is 0 Å². The van der Waals surface area contributed by atoms with Crippen LogP contribution in [0.4, 0.5) is 4.39 Å². The predicted octanol–water partition coefficient (Wildman–Crippen LogP) is 2.70. The molecule has 0 saturated carbocycles. The fourth-order valence-corrected chi connectivity index (χ4v) is 2.54. The van der Waals surface area contributed by atoms with Crippen molar-refractivity contribution in [2.45, 2.75) is 32.4 Å². The number of hydrogen-bond donors (Lipinski definition) is 0. The van der Waals surface area contributed by atoms with E-state index >= 15 is 0 Å². The number of likely N-dealkylation sites (tertiary alicyclic amines) is 1. The SMILES string of the molecule is CCOC1CCCN(Cc2ccc(F)c(C#N)c2)C1. The molecule has 1 fully saturated rings. The van der Waals surface area contributed by atoms with E-state index in [2.05, 4.69) is 4.90 Å². The molecule has 1 aromatic carbocycles. The molecule has 1 aliphatic heterocycles. The molecular formula is C15H19FN2O. The first kappa shape index (κ1) is 14.0. The molecule has 0 spiro atoms. The van der Waals surface area contributed by atoms with Gasteiger partial charge in [0.1, 0.15) is 11.9 Å². The van der Waals surface area contributed by atoms with Gasteiger partial charge in [0, 0.05) is 19.7 Å². The summed E-state index contributed by atoms with van der Waals surface area (Å²) in [6.45, 7) is 5.44. The minimum absolute atomic E-state index is 0.121. The van der Waals surface area contributed by atoms with Crippen molar-refractivity contribution in [1.82, 2.24) is 4.90 Å². The maximum absolute atomic E-state index is 13.3. The van der Waals surface area contributed by atoms with Gasteiger partial charge in [0.05, 0.1) is 11.7 Å². The third-order valence-corrected chi connectivity index (χ3v) is 3.42. The van der Waals surface area contributed by atoms with E-state index in [1.807, 2.05) is 13.0 Å². The zero-order valence-electron chi connectivity index (χ0n) is 11.2. The Hall–Kier alpha value is -1.44. The molecule has 3 nitrogen and oxygen atoms in total. The summed E-state index contributed by atoms with van der Waals surface area (Å²) in [5, 5.41) is 8.84. The first-order chi connectivity index (χ1) is 9.22. The van der Waals surface area contributed by atoms with Crippen LogP contribution >= 0.6 is 0 Å². The normalized spacial score (nSPS) is 20.2. The Bertz CT molecular complexity index is 468. The van der Waals surface area contributed by atoms with E-state index in [4.69, 9.17) is 10.00 Å². The Balaban J connectivity index is 1.99. The standard InChI is InChI=1S/C15H19FN2O/c1-2-19-14-4-3-7-18(11-14)10-12-5-6-15(16)13(8-12)9-17/h5-6,8,14H,2-4,7,10-11H2,1H3. The van der Waals surface area contributed by atoms with Crippen LogP contribution in [0.5, 0.6) is 0 Å². The van der Waals surface area contributed by atoms with Crippen LogP contribution in [0.3, 0.4) is 0 Å². The minimum Gasteiger partial charge on any atom is -0.377 e. The summed E-state index contributed by atoms with van der Waals surface area (Å²) < 4.78 is 18.9. The second kappa shape index (κ2) is 6.65. The molecule has 1 saturated heterocycles. The molecule has 0 aromatic heterocycles. The van der Waals surface area contributed by atoms with Gasteiger partial charge in [0.2, 0.25) is 0 Å². The number of nitrogens with zero attached hydrogens (tertiary/aromatic N) is 2. The first-order valence-corrected chi connectivity index (χ1v) is 6.75. The van der Waals surface area contributed by atoms with Gasteiger partial charge in [-0.2, -0.15) is 5.26 Å². The lowest BCUT2D eigenvalue weighted by molar-refractivity contribution is 0.00362. The summed E-state index contributed by atoms with van der Waals surface area (Å²) in [5.41, 5.74) is 1.10. The van der Waals surface area contributed by atoms with Gasteiger partial charge >= 0.3 is 0 Å². The Kier molecular flexibility index (Phi) is 4.89. The number of nitriles is 1. The monoisotopic (exact) mass is 262 g/mol. The van der Waals surface area contributed by atoms with Crippen molar-refractivity contribution < 1.29 is 9.13 Å². The van der Waals surface area contributed by atoms with Crippen LogP contribution < -0.4 is 0 Å². The van der Waals surface area contributed by atoms with E-state index in [1.54, 1.807) is 12.1 Å². The molecule has 0 amide bonds. The van der Waals surface area contributed by atoms with Gasteiger partial charge in [0.15, 0.2) is 0 Å². The van der Waals surface area contributed by atoms with Crippen molar-refractivity contribution in [2.75, 3.05) is 19.7 Å². The van der Waals surface area contributed by atoms with E-state index in [-0.39, 0.29) is 5.56 Å². The van der Waals surface area contributed by atoms with Crippen molar-refractivity contribution >= 4 is 0 Å². The maximum atomic E-state index is 13.3. The zero-order chi connectivity index (χ0) is 13.7. The average molecular weight is 262 g/mol. The van der Waals surface area contributed by atoms with Crippen LogP contribution in [0.1, 0.15) is 30.9 Å². The van der Waals surface area contributed by atoms with Gasteiger partial charge in [-0.25, -0.2) is 4.39 Å². The molecule has 1 heterocycles. The van der Waals surface area contributed by atoms with Gasteiger partial charge in [-0.3, -0.25) is 4.90 Å². The van der Waals surface area contributed by atoms with E-state index in [0.29, 0.717) is 6.10 Å². The van der Waals surface area contributed by atoms with Gasteiger partial charge in [-0.1, -0.05) is 6.07 Å². The number of halogens is 1. The van der Waals surface area contributed by atoms with Gasteiger partial charge < -0.3 is 4.74 Å². The molecule has 19 heavy (non-hydrogen) atoms. The smallest absolute Gasteiger partial charge is 0.140 e. The molecule has 1 aliphatic rings. The van der Waals surface area contributed by atoms with Crippen LogP contribution in [0, 0.1) is 17.1 Å². The predicted molar refractivity (Wildman–Crippen MR) is 71.0 cm³/mol. The third-order valence-electron chi connectivity index (χ3n) is 3.42. The third kappa shape index (κ3) is 3.76. The summed E-state index contributed by atoms with van der Waals surface area (Å²) in [4.78, 5) is 2.30. The van der Waals surface area contributed by atoms with Crippen LogP contribution in [0.15, 0.2) is 18.2 Å². The lowest BCUT2D eigenvalue weighted by Gasteiger charge is -2.32. The van der Waals surface area contributed by atoms with Crippen molar-refractivity contribution in [2.24, 2.45) is 0 Å². The molecule has 2 rings (SSSR count). The van der Waals surface area contributed by atoms with Gasteiger partial charge in [-0.05, 0) is 44.0 Å². The van der Waals surface area contributed by atoms with E-state index in [9.17, 15) is 4.39 Å². The minimum atomic E-state index is -0.447. The van der Waals surface area contributed by atoms with Crippen LogP contribution in [-0.4, -0.2) is 30.7 Å². The second-order valence-electron chi connectivity index (χ2n) is 4.88. The lowest BCUT2D eigenvalue weighted by atomic mass is 10.1. The van der Waals surface area contributed by atoms with Gasteiger partial charge in [-0.15, -0.1) is 0 Å². The van der Waals surface area contributed by atoms with Crippen LogP contribution in [-0.2, 0) is 11.3 Å². The molecule has 0 aliphatic carbocycles. The molecule has 4 heteroatoms. The summed E-state index contributed by atoms with van der Waals surface area (Å²) in [6, 6.07) is 6.65. The fraction of sp³-hybridized carbons (Fsp3) is 0.533. The highest BCUT2D eigenvalue weighted by Gasteiger charge is 2.20. The number of piperidine rings is 1. The summed E-state index contributed by atoms with van der Waals surface area (Å²) >= 11 is 0. The number of rotatable bonds is 4. The zero-order valence-corrected chi connectivity index (χ0v) is 11.2. The highest BCUT2D eigenvalue weighted by Crippen LogP contribution is 2.17. The van der Waals surface area contributed by atoms with Crippen LogP contribution in [0.2, 0.25) is 0 Å². The molecular weight excluding hydrogens is 243 g/mol. The number of hydrogen-bond acceptors (Lipinski definition) is 3. The summed E-state index contributed by atoms with van der Waals surface area (Å²) in [5.74, 6) is -0.447. The lowest BCUT2D eigenvalue weighted by Crippen LogP contribution is -2.39. The Labute approximate surface area is 113 Å². The number of ether oxygens (including phenoxy) is 1. The van der Waals surface area contributed by atoms with Gasteiger partial charge in [0.25, 0.3) is 0 Å². The van der Waals surface area contributed by atoms with E-state index < -0.39 is 5.82 Å². The summed E-state index contributed by atoms with van der Waals surface area (Å²) in [6.07, 6.45) is 2.53. The average Bonchev–Trinajstić information content (AvgIpc) is 2.42. The molecule has 0 N–H and O–H groups in total. The van der Waals surface area contributed by atoms with Crippen molar-refractivity contribution in [3.8, 4) is 6.07 Å². The Morgan fingerprint density at radius 3 is 3.11 bits per heavy atom. The molecule has 1 aromatic rings. The maximum Gasteiger partial charge on any atom is 0.140 e. The molecule has 0 radical (unpaired) electrons. The molecule has 102 valence electrons. The Morgan fingerprint density at radius 1 is 1.53 bits per heavy atom. The number of benzene rings is 1. The Morgan fingerprint density at radius 2 is 2.37 bits per heavy atom. The van der Waals surface area contributed by atoms with E-state index in [0.717, 1.165) is 44.6 Å². The quantitative estimate of drug-likeness (QED) is 0.837. The summed E-state index contributed by atoms with van der Waals surface area (Å²) in [7, 11) is 0. The molecule has 1 unspecified atom stereocenters. The highest BCUT2D eigenvalue weighted by molar-refractivity contribution is 5.34. The second-order valence-corrected chi connectivity index (χ2v) is 4.88. The first-order valence-electron chi connectivity index (χ1n) is 6.75.